The van der Waals surface area contributed by atoms with Gasteiger partial charge in [-0.25, -0.2) is 0 Å². The smallest absolute Gasteiger partial charge is 0.0449 e. The molecule has 0 atom stereocenters. The van der Waals surface area contributed by atoms with Crippen LogP contribution in [0.1, 0.15) is 0 Å². The van der Waals surface area contributed by atoms with Gasteiger partial charge >= 0.3 is 0 Å². The lowest BCUT2D eigenvalue weighted by atomic mass is 10.2. The van der Waals surface area contributed by atoms with Crippen molar-refractivity contribution in [3.63, 3.8) is 0 Å². The highest BCUT2D eigenvalue weighted by Gasteiger charge is 2.03. The van der Waals surface area contributed by atoms with E-state index in [-0.39, 0.29) is 6.04 Å². The standard InChI is InChI=1S/C11H12N2/c12-10-6-8-13(9-7-10)11-4-2-1-3-5-11/h1-10H,12H2. The number of para-hydroxylation sites is 1. The van der Waals surface area contributed by atoms with E-state index in [0.29, 0.717) is 0 Å². The van der Waals surface area contributed by atoms with Gasteiger partial charge in [0.15, 0.2) is 0 Å². The molecule has 0 radical (unpaired) electrons. The second kappa shape index (κ2) is 3.46. The van der Waals surface area contributed by atoms with E-state index in [1.807, 2.05) is 47.7 Å². The van der Waals surface area contributed by atoms with E-state index in [9.17, 15) is 0 Å². The molecule has 0 spiro atoms. The van der Waals surface area contributed by atoms with Gasteiger partial charge in [-0.3, -0.25) is 0 Å². The Hall–Kier alpha value is -1.54. The fraction of sp³-hybridized carbons (Fsp3) is 0.0909. The highest BCUT2D eigenvalue weighted by atomic mass is 15.1. The van der Waals surface area contributed by atoms with Crippen LogP contribution in [-0.4, -0.2) is 6.04 Å². The molecule has 0 bridgehead atoms. The van der Waals surface area contributed by atoms with E-state index < -0.39 is 0 Å². The summed E-state index contributed by atoms with van der Waals surface area (Å²) in [6.45, 7) is 0. The van der Waals surface area contributed by atoms with Gasteiger partial charge in [0.05, 0.1) is 0 Å². The summed E-state index contributed by atoms with van der Waals surface area (Å²) in [7, 11) is 0. The zero-order valence-electron chi connectivity index (χ0n) is 7.30. The van der Waals surface area contributed by atoms with Crippen molar-refractivity contribution < 1.29 is 0 Å². The maximum atomic E-state index is 5.67. The number of anilines is 1. The van der Waals surface area contributed by atoms with E-state index in [4.69, 9.17) is 5.73 Å². The van der Waals surface area contributed by atoms with E-state index in [2.05, 4.69) is 12.1 Å². The number of nitrogens with zero attached hydrogens (tertiary/aromatic N) is 1. The van der Waals surface area contributed by atoms with Crippen LogP contribution in [0.4, 0.5) is 5.69 Å². The molecule has 66 valence electrons. The molecule has 1 aliphatic heterocycles. The third-order valence-electron chi connectivity index (χ3n) is 1.99. The van der Waals surface area contributed by atoms with Crippen molar-refractivity contribution in [2.45, 2.75) is 6.04 Å². The Morgan fingerprint density at radius 2 is 1.62 bits per heavy atom. The average Bonchev–Trinajstić information content (AvgIpc) is 2.20. The Labute approximate surface area is 78.0 Å². The summed E-state index contributed by atoms with van der Waals surface area (Å²) in [4.78, 5) is 2.04. The summed E-state index contributed by atoms with van der Waals surface area (Å²) in [5, 5.41) is 0. The highest BCUT2D eigenvalue weighted by molar-refractivity contribution is 5.53. The van der Waals surface area contributed by atoms with Gasteiger partial charge in [-0.15, -0.1) is 0 Å². The van der Waals surface area contributed by atoms with Gasteiger partial charge in [0.2, 0.25) is 0 Å². The first kappa shape index (κ1) is 8.08. The number of benzene rings is 1. The van der Waals surface area contributed by atoms with Gasteiger partial charge in [0.1, 0.15) is 0 Å². The molecule has 2 N–H and O–H groups in total. The Balaban J connectivity index is 2.20. The van der Waals surface area contributed by atoms with Crippen LogP contribution in [0, 0.1) is 0 Å². The predicted molar refractivity (Wildman–Crippen MR) is 55.2 cm³/mol. The van der Waals surface area contributed by atoms with E-state index in [0.717, 1.165) is 5.69 Å². The Bertz CT molecular complexity index is 313. The van der Waals surface area contributed by atoms with Gasteiger partial charge < -0.3 is 10.6 Å². The number of hydrogen-bond acceptors (Lipinski definition) is 2. The van der Waals surface area contributed by atoms with Crippen molar-refractivity contribution >= 4 is 5.69 Å². The first-order valence-electron chi connectivity index (χ1n) is 4.32. The lowest BCUT2D eigenvalue weighted by Crippen LogP contribution is -2.21. The number of hydrogen-bond donors (Lipinski definition) is 1. The van der Waals surface area contributed by atoms with Gasteiger partial charge in [-0.1, -0.05) is 18.2 Å². The van der Waals surface area contributed by atoms with Gasteiger partial charge in [-0.05, 0) is 24.3 Å². The summed E-state index contributed by atoms with van der Waals surface area (Å²) in [5.41, 5.74) is 6.83. The highest BCUT2D eigenvalue weighted by Crippen LogP contribution is 2.16. The largest absolute Gasteiger partial charge is 0.324 e. The fourth-order valence-corrected chi connectivity index (χ4v) is 1.27. The predicted octanol–water partition coefficient (Wildman–Crippen LogP) is 1.86. The van der Waals surface area contributed by atoms with Crippen LogP contribution in [0.2, 0.25) is 0 Å². The zero-order valence-corrected chi connectivity index (χ0v) is 7.30. The minimum absolute atomic E-state index is 0.0555. The van der Waals surface area contributed by atoms with Crippen LogP contribution < -0.4 is 10.6 Å². The molecule has 0 amide bonds. The third-order valence-corrected chi connectivity index (χ3v) is 1.99. The summed E-state index contributed by atoms with van der Waals surface area (Å²) in [6, 6.07) is 10.2. The Morgan fingerprint density at radius 3 is 2.23 bits per heavy atom. The van der Waals surface area contributed by atoms with Crippen LogP contribution in [0.3, 0.4) is 0 Å². The molecule has 2 nitrogen and oxygen atoms in total. The molecule has 0 unspecified atom stereocenters. The van der Waals surface area contributed by atoms with Crippen molar-refractivity contribution in [1.29, 1.82) is 0 Å². The summed E-state index contributed by atoms with van der Waals surface area (Å²) < 4.78 is 0. The fourth-order valence-electron chi connectivity index (χ4n) is 1.27. The quantitative estimate of drug-likeness (QED) is 0.700. The second-order valence-corrected chi connectivity index (χ2v) is 3.00. The second-order valence-electron chi connectivity index (χ2n) is 3.00. The van der Waals surface area contributed by atoms with Crippen LogP contribution in [0.15, 0.2) is 54.9 Å². The molecule has 0 saturated heterocycles. The van der Waals surface area contributed by atoms with Crippen molar-refractivity contribution in [3.05, 3.63) is 54.9 Å². The number of nitrogens with two attached hydrogens (primary N) is 1. The van der Waals surface area contributed by atoms with Gasteiger partial charge in [0, 0.05) is 24.1 Å². The van der Waals surface area contributed by atoms with Crippen LogP contribution in [0.25, 0.3) is 0 Å². The Morgan fingerprint density at radius 1 is 1.00 bits per heavy atom. The molecule has 0 fully saturated rings. The molecular weight excluding hydrogens is 160 g/mol. The first-order chi connectivity index (χ1) is 6.36. The van der Waals surface area contributed by atoms with Crippen LogP contribution in [-0.2, 0) is 0 Å². The first-order valence-corrected chi connectivity index (χ1v) is 4.32. The molecule has 1 aromatic rings. The normalized spacial score (nSPS) is 16.5. The Kier molecular flexibility index (Phi) is 2.15. The SMILES string of the molecule is NC1C=CN(c2ccccc2)C=C1. The van der Waals surface area contributed by atoms with Crippen molar-refractivity contribution in [1.82, 2.24) is 0 Å². The molecule has 2 rings (SSSR count). The molecule has 2 heteroatoms. The van der Waals surface area contributed by atoms with E-state index in [1.165, 1.54) is 0 Å². The number of rotatable bonds is 1. The maximum Gasteiger partial charge on any atom is 0.0449 e. The lowest BCUT2D eigenvalue weighted by molar-refractivity contribution is 0.987. The minimum Gasteiger partial charge on any atom is -0.324 e. The third kappa shape index (κ3) is 1.79. The summed E-state index contributed by atoms with van der Waals surface area (Å²) in [5.74, 6) is 0. The van der Waals surface area contributed by atoms with Crippen molar-refractivity contribution in [2.75, 3.05) is 4.90 Å². The lowest BCUT2D eigenvalue weighted by Gasteiger charge is -2.19. The van der Waals surface area contributed by atoms with E-state index in [1.54, 1.807) is 0 Å². The minimum atomic E-state index is 0.0555. The topological polar surface area (TPSA) is 29.3 Å². The molecule has 1 heterocycles. The molecular formula is C11H12N2. The zero-order chi connectivity index (χ0) is 9.10. The molecule has 1 aromatic carbocycles. The van der Waals surface area contributed by atoms with Crippen molar-refractivity contribution in [2.24, 2.45) is 5.73 Å². The molecule has 1 aliphatic rings. The van der Waals surface area contributed by atoms with Gasteiger partial charge in [-0.2, -0.15) is 0 Å². The summed E-state index contributed by atoms with van der Waals surface area (Å²) >= 11 is 0. The molecule has 0 aromatic heterocycles. The van der Waals surface area contributed by atoms with E-state index >= 15 is 0 Å². The molecule has 0 saturated carbocycles. The summed E-state index contributed by atoms with van der Waals surface area (Å²) in [6.07, 6.45) is 7.90. The average molecular weight is 172 g/mol. The monoisotopic (exact) mass is 172 g/mol. The van der Waals surface area contributed by atoms with Crippen LogP contribution in [0.5, 0.6) is 0 Å². The van der Waals surface area contributed by atoms with Crippen LogP contribution >= 0.6 is 0 Å². The molecule has 13 heavy (non-hydrogen) atoms. The maximum absolute atomic E-state index is 5.67. The van der Waals surface area contributed by atoms with Gasteiger partial charge in [0.25, 0.3) is 0 Å². The molecule has 0 aliphatic carbocycles. The van der Waals surface area contributed by atoms with Crippen molar-refractivity contribution in [3.8, 4) is 0 Å².